The van der Waals surface area contributed by atoms with Crippen molar-refractivity contribution in [3.8, 4) is 5.75 Å². The SMILES string of the molecule is COc1ccc(N2C(=O)[C@@H]3CS[C@H](c4ccco4)N3C2=S)cc1. The van der Waals surface area contributed by atoms with E-state index >= 15 is 0 Å². The fourth-order valence-corrected chi connectivity index (χ4v) is 4.78. The molecule has 23 heavy (non-hydrogen) atoms. The van der Waals surface area contributed by atoms with Crippen molar-refractivity contribution >= 4 is 40.7 Å². The highest BCUT2D eigenvalue weighted by atomic mass is 32.2. The van der Waals surface area contributed by atoms with E-state index in [2.05, 4.69) is 0 Å². The summed E-state index contributed by atoms with van der Waals surface area (Å²) in [6.07, 6.45) is 1.64. The molecule has 0 N–H and O–H groups in total. The molecule has 0 radical (unpaired) electrons. The molecule has 7 heteroatoms. The Morgan fingerprint density at radius 1 is 1.30 bits per heavy atom. The molecule has 2 aliphatic rings. The number of nitrogens with zero attached hydrogens (tertiary/aromatic N) is 2. The fraction of sp³-hybridized carbons (Fsp3) is 0.250. The second kappa shape index (κ2) is 5.58. The molecular weight excluding hydrogens is 332 g/mol. The van der Waals surface area contributed by atoms with E-state index in [0.717, 1.165) is 17.2 Å². The number of ether oxygens (including phenoxy) is 1. The first-order valence-corrected chi connectivity index (χ1v) is 8.61. The third-order valence-electron chi connectivity index (χ3n) is 4.04. The smallest absolute Gasteiger partial charge is 0.257 e. The number of carbonyl (C=O) groups excluding carboxylic acids is 1. The van der Waals surface area contributed by atoms with E-state index in [9.17, 15) is 4.79 Å². The lowest BCUT2D eigenvalue weighted by Gasteiger charge is -2.24. The Balaban J connectivity index is 1.66. The van der Waals surface area contributed by atoms with E-state index in [1.54, 1.807) is 30.0 Å². The van der Waals surface area contributed by atoms with Gasteiger partial charge in [0.05, 0.1) is 19.1 Å². The van der Waals surface area contributed by atoms with Crippen molar-refractivity contribution in [2.24, 2.45) is 0 Å². The number of benzene rings is 1. The standard InChI is InChI=1S/C16H14N2O3S2/c1-20-11-6-4-10(5-7-11)17-14(19)12-9-23-15(18(12)16(17)22)13-3-2-8-21-13/h2-8,12,15H,9H2,1H3/t12-,15+/m0/s1. The van der Waals surface area contributed by atoms with Gasteiger partial charge in [0.25, 0.3) is 5.91 Å². The third-order valence-corrected chi connectivity index (χ3v) is 5.71. The Labute approximate surface area is 143 Å². The highest BCUT2D eigenvalue weighted by Gasteiger charge is 2.51. The van der Waals surface area contributed by atoms with Crippen LogP contribution in [0.1, 0.15) is 11.1 Å². The van der Waals surface area contributed by atoms with Gasteiger partial charge < -0.3 is 14.1 Å². The molecule has 1 aromatic carbocycles. The van der Waals surface area contributed by atoms with Crippen LogP contribution in [0.4, 0.5) is 5.69 Å². The first-order chi connectivity index (χ1) is 11.2. The molecule has 118 valence electrons. The molecule has 2 saturated heterocycles. The van der Waals surface area contributed by atoms with E-state index in [1.165, 1.54) is 0 Å². The molecule has 0 spiro atoms. The average molecular weight is 346 g/mol. The van der Waals surface area contributed by atoms with Gasteiger partial charge in [-0.2, -0.15) is 0 Å². The normalized spacial score (nSPS) is 23.5. The van der Waals surface area contributed by atoms with Crippen LogP contribution in [0.5, 0.6) is 5.75 Å². The molecule has 0 bridgehead atoms. The maximum atomic E-state index is 12.8. The quantitative estimate of drug-likeness (QED) is 0.796. The van der Waals surface area contributed by atoms with Crippen LogP contribution >= 0.6 is 24.0 Å². The Kier molecular flexibility index (Phi) is 3.54. The van der Waals surface area contributed by atoms with Gasteiger partial charge in [0.2, 0.25) is 0 Å². The summed E-state index contributed by atoms with van der Waals surface area (Å²) in [5.74, 6) is 2.29. The van der Waals surface area contributed by atoms with E-state index in [4.69, 9.17) is 21.4 Å². The maximum absolute atomic E-state index is 12.8. The number of methoxy groups -OCH3 is 1. The summed E-state index contributed by atoms with van der Waals surface area (Å²) in [4.78, 5) is 16.4. The molecule has 2 aromatic rings. The van der Waals surface area contributed by atoms with Gasteiger partial charge >= 0.3 is 0 Å². The minimum atomic E-state index is -0.232. The molecule has 5 nitrogen and oxygen atoms in total. The predicted octanol–water partition coefficient (Wildman–Crippen LogP) is 3.04. The van der Waals surface area contributed by atoms with Crippen LogP contribution in [0.25, 0.3) is 0 Å². The number of anilines is 1. The van der Waals surface area contributed by atoms with Crippen LogP contribution in [0.3, 0.4) is 0 Å². The van der Waals surface area contributed by atoms with Gasteiger partial charge in [0.1, 0.15) is 22.9 Å². The summed E-state index contributed by atoms with van der Waals surface area (Å²) in [6.45, 7) is 0. The Morgan fingerprint density at radius 3 is 2.74 bits per heavy atom. The topological polar surface area (TPSA) is 45.9 Å². The molecular formula is C16H14N2O3S2. The summed E-state index contributed by atoms with van der Waals surface area (Å²) in [7, 11) is 1.61. The molecule has 0 unspecified atom stereocenters. The van der Waals surface area contributed by atoms with Gasteiger partial charge in [-0.05, 0) is 48.6 Å². The zero-order chi connectivity index (χ0) is 16.0. The number of thioether (sulfide) groups is 1. The number of carbonyl (C=O) groups is 1. The van der Waals surface area contributed by atoms with Crippen molar-refractivity contribution in [1.82, 2.24) is 4.90 Å². The molecule has 3 heterocycles. The predicted molar refractivity (Wildman–Crippen MR) is 92.6 cm³/mol. The monoisotopic (exact) mass is 346 g/mol. The molecule has 2 aliphatic heterocycles. The molecule has 1 aromatic heterocycles. The van der Waals surface area contributed by atoms with Crippen molar-refractivity contribution in [2.45, 2.75) is 11.4 Å². The Bertz CT molecular complexity index is 745. The molecule has 2 atom stereocenters. The summed E-state index contributed by atoms with van der Waals surface area (Å²) >= 11 is 7.27. The van der Waals surface area contributed by atoms with Crippen molar-refractivity contribution in [2.75, 3.05) is 17.8 Å². The Morgan fingerprint density at radius 2 is 2.09 bits per heavy atom. The number of fused-ring (bicyclic) bond motifs is 1. The number of hydrogen-bond acceptors (Lipinski definition) is 5. The van der Waals surface area contributed by atoms with Crippen LogP contribution in [0, 0.1) is 0 Å². The second-order valence-electron chi connectivity index (χ2n) is 5.28. The first kappa shape index (κ1) is 14.6. The van der Waals surface area contributed by atoms with Gasteiger partial charge in [-0.15, -0.1) is 11.8 Å². The van der Waals surface area contributed by atoms with Crippen molar-refractivity contribution in [3.05, 3.63) is 48.4 Å². The van der Waals surface area contributed by atoms with Crippen molar-refractivity contribution in [3.63, 3.8) is 0 Å². The van der Waals surface area contributed by atoms with Gasteiger partial charge in [-0.25, -0.2) is 0 Å². The van der Waals surface area contributed by atoms with Crippen LogP contribution in [0.2, 0.25) is 0 Å². The molecule has 1 amide bonds. The van der Waals surface area contributed by atoms with Gasteiger partial charge in [-0.1, -0.05) is 0 Å². The number of furan rings is 1. The lowest BCUT2D eigenvalue weighted by atomic mass is 10.2. The summed E-state index contributed by atoms with van der Waals surface area (Å²) in [5, 5.41) is 0.478. The lowest BCUT2D eigenvalue weighted by molar-refractivity contribution is -0.119. The number of hydrogen-bond donors (Lipinski definition) is 0. The van der Waals surface area contributed by atoms with Crippen molar-refractivity contribution in [1.29, 1.82) is 0 Å². The number of rotatable bonds is 3. The number of thiocarbonyl (C=S) groups is 1. The summed E-state index contributed by atoms with van der Waals surface area (Å²) in [6, 6.07) is 10.9. The summed E-state index contributed by atoms with van der Waals surface area (Å²) < 4.78 is 10.7. The lowest BCUT2D eigenvalue weighted by Crippen LogP contribution is -2.33. The van der Waals surface area contributed by atoms with Crippen LogP contribution in [-0.2, 0) is 4.79 Å². The van der Waals surface area contributed by atoms with E-state index in [1.807, 2.05) is 41.3 Å². The van der Waals surface area contributed by atoms with E-state index in [0.29, 0.717) is 10.9 Å². The van der Waals surface area contributed by atoms with Crippen LogP contribution in [0.15, 0.2) is 47.1 Å². The Hall–Kier alpha value is -1.99. The third kappa shape index (κ3) is 2.22. The highest BCUT2D eigenvalue weighted by Crippen LogP contribution is 2.46. The second-order valence-corrected chi connectivity index (χ2v) is 6.76. The molecule has 0 saturated carbocycles. The zero-order valence-electron chi connectivity index (χ0n) is 12.3. The minimum absolute atomic E-state index is 0.0155. The minimum Gasteiger partial charge on any atom is -0.497 e. The zero-order valence-corrected chi connectivity index (χ0v) is 14.0. The largest absolute Gasteiger partial charge is 0.497 e. The van der Waals surface area contributed by atoms with E-state index < -0.39 is 0 Å². The first-order valence-electron chi connectivity index (χ1n) is 7.16. The summed E-state index contributed by atoms with van der Waals surface area (Å²) in [5.41, 5.74) is 0.762. The van der Waals surface area contributed by atoms with Crippen LogP contribution < -0.4 is 9.64 Å². The average Bonchev–Trinajstić information content (AvgIpc) is 3.28. The van der Waals surface area contributed by atoms with Gasteiger partial charge in [-0.3, -0.25) is 9.69 Å². The fourth-order valence-electron chi connectivity index (χ4n) is 2.91. The molecule has 4 rings (SSSR count). The van der Waals surface area contributed by atoms with E-state index in [-0.39, 0.29) is 17.3 Å². The molecule has 2 fully saturated rings. The van der Waals surface area contributed by atoms with Crippen molar-refractivity contribution < 1.29 is 13.9 Å². The number of amides is 1. The molecule has 0 aliphatic carbocycles. The maximum Gasteiger partial charge on any atom is 0.257 e. The van der Waals surface area contributed by atoms with Gasteiger partial charge in [0.15, 0.2) is 5.11 Å². The highest BCUT2D eigenvalue weighted by molar-refractivity contribution is 7.99. The van der Waals surface area contributed by atoms with Crippen LogP contribution in [-0.4, -0.2) is 34.8 Å². The van der Waals surface area contributed by atoms with Gasteiger partial charge in [0, 0.05) is 5.75 Å².